The summed E-state index contributed by atoms with van der Waals surface area (Å²) in [6, 6.07) is 14.5. The van der Waals surface area contributed by atoms with Gasteiger partial charge in [0.15, 0.2) is 10.9 Å². The van der Waals surface area contributed by atoms with Gasteiger partial charge in [0, 0.05) is 10.0 Å². The monoisotopic (exact) mass is 448 g/mol. The lowest BCUT2D eigenvalue weighted by atomic mass is 10.2. The Morgan fingerprint density at radius 2 is 2.04 bits per heavy atom. The second-order valence-corrected chi connectivity index (χ2v) is 7.88. The molecule has 3 rings (SSSR count). The Morgan fingerprint density at radius 3 is 2.77 bits per heavy atom. The largest absolute Gasteiger partial charge is 0.483 e. The van der Waals surface area contributed by atoms with Crippen molar-refractivity contribution in [2.75, 3.05) is 11.5 Å². The van der Waals surface area contributed by atoms with Crippen LogP contribution in [-0.4, -0.2) is 22.7 Å². The minimum atomic E-state index is -0.569. The van der Waals surface area contributed by atoms with Gasteiger partial charge in [-0.1, -0.05) is 64.2 Å². The molecule has 132 valence electrons. The van der Waals surface area contributed by atoms with Crippen molar-refractivity contribution in [3.63, 3.8) is 0 Å². The number of halogens is 1. The van der Waals surface area contributed by atoms with Gasteiger partial charge < -0.3 is 10.5 Å². The van der Waals surface area contributed by atoms with E-state index in [1.165, 1.54) is 16.7 Å². The van der Waals surface area contributed by atoms with E-state index in [2.05, 4.69) is 15.9 Å². The lowest BCUT2D eigenvalue weighted by Crippen LogP contribution is -2.27. The average molecular weight is 449 g/mol. The second-order valence-electron chi connectivity index (χ2n) is 5.29. The molecule has 1 aliphatic rings. The summed E-state index contributed by atoms with van der Waals surface area (Å²) in [6.45, 7) is -0.232. The zero-order chi connectivity index (χ0) is 18.7. The zero-order valence-corrected chi connectivity index (χ0v) is 16.6. The van der Waals surface area contributed by atoms with E-state index in [0.29, 0.717) is 26.2 Å². The highest BCUT2D eigenvalue weighted by atomic mass is 79.9. The molecule has 0 unspecified atom stereocenters. The fourth-order valence-electron chi connectivity index (χ4n) is 2.33. The Morgan fingerprint density at radius 1 is 1.27 bits per heavy atom. The van der Waals surface area contributed by atoms with Crippen molar-refractivity contribution in [1.82, 2.24) is 0 Å². The van der Waals surface area contributed by atoms with E-state index < -0.39 is 5.91 Å². The number of carbonyl (C=O) groups is 2. The Bertz CT molecular complexity index is 930. The van der Waals surface area contributed by atoms with Crippen molar-refractivity contribution in [3.8, 4) is 5.75 Å². The van der Waals surface area contributed by atoms with Crippen LogP contribution in [0.1, 0.15) is 5.56 Å². The first-order chi connectivity index (χ1) is 12.5. The predicted octanol–water partition coefficient (Wildman–Crippen LogP) is 3.72. The molecule has 0 aromatic heterocycles. The highest BCUT2D eigenvalue weighted by molar-refractivity contribution is 9.10. The molecule has 0 aliphatic carbocycles. The maximum absolute atomic E-state index is 12.8. The average Bonchev–Trinajstić information content (AvgIpc) is 2.87. The van der Waals surface area contributed by atoms with Gasteiger partial charge in [-0.25, -0.2) is 0 Å². The lowest BCUT2D eigenvalue weighted by molar-refractivity contribution is -0.120. The maximum atomic E-state index is 12.8. The van der Waals surface area contributed by atoms with Gasteiger partial charge in [-0.05, 0) is 30.3 Å². The smallest absolute Gasteiger partial charge is 0.270 e. The van der Waals surface area contributed by atoms with Crippen LogP contribution < -0.4 is 15.4 Å². The number of amides is 2. The molecule has 0 spiro atoms. The molecule has 2 amide bonds. The number of nitrogens with zero attached hydrogens (tertiary/aromatic N) is 1. The first-order valence-electron chi connectivity index (χ1n) is 7.49. The summed E-state index contributed by atoms with van der Waals surface area (Å²) in [5.41, 5.74) is 6.49. The Labute approximate surface area is 168 Å². The molecule has 8 heteroatoms. The van der Waals surface area contributed by atoms with Gasteiger partial charge >= 0.3 is 0 Å². The van der Waals surface area contributed by atoms with Crippen LogP contribution in [0.15, 0.2) is 57.9 Å². The summed E-state index contributed by atoms with van der Waals surface area (Å²) >= 11 is 9.99. The van der Waals surface area contributed by atoms with Crippen molar-refractivity contribution in [3.05, 3.63) is 63.5 Å². The van der Waals surface area contributed by atoms with E-state index in [0.717, 1.165) is 4.47 Å². The molecule has 2 aromatic rings. The number of nitrogens with two attached hydrogens (primary N) is 1. The normalized spacial score (nSPS) is 15.6. The van der Waals surface area contributed by atoms with Gasteiger partial charge in [0.2, 0.25) is 0 Å². The minimum Gasteiger partial charge on any atom is -0.483 e. The highest BCUT2D eigenvalue weighted by Gasteiger charge is 2.33. The first-order valence-corrected chi connectivity index (χ1v) is 9.51. The number of hydrogen-bond acceptors (Lipinski definition) is 5. The van der Waals surface area contributed by atoms with Crippen molar-refractivity contribution >= 4 is 67.8 Å². The Hall–Kier alpha value is -2.16. The summed E-state index contributed by atoms with van der Waals surface area (Å²) < 4.78 is 6.72. The number of hydrogen-bond donors (Lipinski definition) is 1. The van der Waals surface area contributed by atoms with E-state index in [-0.39, 0.29) is 12.5 Å². The molecule has 26 heavy (non-hydrogen) atoms. The molecule has 1 heterocycles. The molecule has 0 radical (unpaired) electrons. The predicted molar refractivity (Wildman–Crippen MR) is 111 cm³/mol. The van der Waals surface area contributed by atoms with Crippen molar-refractivity contribution in [2.45, 2.75) is 0 Å². The third-order valence-corrected chi connectivity index (χ3v) is 5.23. The molecule has 0 atom stereocenters. The quantitative estimate of drug-likeness (QED) is 0.557. The van der Waals surface area contributed by atoms with Crippen molar-refractivity contribution in [1.29, 1.82) is 0 Å². The molecule has 1 aliphatic heterocycles. The maximum Gasteiger partial charge on any atom is 0.270 e. The number of ether oxygens (including phenoxy) is 1. The number of rotatable bonds is 5. The fraction of sp³-hybridized carbons (Fsp3) is 0.0556. The van der Waals surface area contributed by atoms with E-state index in [1.54, 1.807) is 24.3 Å². The van der Waals surface area contributed by atoms with Crippen LogP contribution in [0.5, 0.6) is 5.75 Å². The van der Waals surface area contributed by atoms with E-state index in [9.17, 15) is 9.59 Å². The molecule has 2 aromatic carbocycles. The van der Waals surface area contributed by atoms with Crippen LogP contribution in [0.2, 0.25) is 0 Å². The van der Waals surface area contributed by atoms with Crippen LogP contribution >= 0.6 is 39.9 Å². The molecule has 2 N–H and O–H groups in total. The van der Waals surface area contributed by atoms with Gasteiger partial charge in [-0.2, -0.15) is 0 Å². The third-order valence-electron chi connectivity index (χ3n) is 3.44. The van der Waals surface area contributed by atoms with Gasteiger partial charge in [0.25, 0.3) is 11.8 Å². The number of para-hydroxylation sites is 1. The van der Waals surface area contributed by atoms with Crippen LogP contribution in [0, 0.1) is 0 Å². The van der Waals surface area contributed by atoms with Crippen LogP contribution in [-0.2, 0) is 9.59 Å². The van der Waals surface area contributed by atoms with Crippen LogP contribution in [0.25, 0.3) is 6.08 Å². The number of anilines is 1. The molecular weight excluding hydrogens is 436 g/mol. The summed E-state index contributed by atoms with van der Waals surface area (Å²) in [5.74, 6) is -0.303. The lowest BCUT2D eigenvalue weighted by Gasteiger charge is -2.14. The van der Waals surface area contributed by atoms with Crippen LogP contribution in [0.4, 0.5) is 5.69 Å². The molecular formula is C18H13BrN2O3S2. The Kier molecular flexibility index (Phi) is 5.75. The van der Waals surface area contributed by atoms with E-state index in [4.69, 9.17) is 22.7 Å². The SMILES string of the molecule is NC(=O)COc1ccccc1/C=C1/SC(=S)N(c2cccc(Br)c2)C1=O. The summed E-state index contributed by atoms with van der Waals surface area (Å²) in [5, 5.41) is 0. The van der Waals surface area contributed by atoms with E-state index >= 15 is 0 Å². The van der Waals surface area contributed by atoms with Crippen LogP contribution in [0.3, 0.4) is 0 Å². The number of primary amides is 1. The fourth-order valence-corrected chi connectivity index (χ4v) is 4.00. The molecule has 0 saturated carbocycles. The minimum absolute atomic E-state index is 0.206. The number of carbonyl (C=O) groups excluding carboxylic acids is 2. The molecule has 1 saturated heterocycles. The highest BCUT2D eigenvalue weighted by Crippen LogP contribution is 2.37. The number of thiocarbonyl (C=S) groups is 1. The number of thioether (sulfide) groups is 1. The van der Waals surface area contributed by atoms with Gasteiger partial charge in [-0.3, -0.25) is 14.5 Å². The zero-order valence-electron chi connectivity index (χ0n) is 13.3. The second kappa shape index (κ2) is 8.03. The first kappa shape index (κ1) is 18.6. The Balaban J connectivity index is 1.90. The summed E-state index contributed by atoms with van der Waals surface area (Å²) in [6.07, 6.45) is 1.70. The summed E-state index contributed by atoms with van der Waals surface area (Å²) in [7, 11) is 0. The third kappa shape index (κ3) is 4.14. The molecule has 1 fully saturated rings. The number of benzene rings is 2. The van der Waals surface area contributed by atoms with Gasteiger partial charge in [0.1, 0.15) is 5.75 Å². The van der Waals surface area contributed by atoms with Gasteiger partial charge in [-0.15, -0.1) is 0 Å². The van der Waals surface area contributed by atoms with E-state index in [1.807, 2.05) is 30.3 Å². The molecule has 0 bridgehead atoms. The van der Waals surface area contributed by atoms with Gasteiger partial charge in [0.05, 0.1) is 10.6 Å². The standard InChI is InChI=1S/C18H13BrN2O3S2/c19-12-5-3-6-13(9-12)21-17(23)15(26-18(21)25)8-11-4-1-2-7-14(11)24-10-16(20)22/h1-9H,10H2,(H2,20,22)/b15-8+. The van der Waals surface area contributed by atoms with Crippen molar-refractivity contribution < 1.29 is 14.3 Å². The van der Waals surface area contributed by atoms with Crippen molar-refractivity contribution in [2.24, 2.45) is 5.73 Å². The summed E-state index contributed by atoms with van der Waals surface area (Å²) in [4.78, 5) is 25.7. The topological polar surface area (TPSA) is 72.6 Å². The molecule has 5 nitrogen and oxygen atoms in total.